The molecular weight excluding hydrogens is 362 g/mol. The SMILES string of the molecule is COc1ccc(COc2c(F)cc(B3OC(C)(C)C(C)(C)O3)cc2C=O)cc1. The van der Waals surface area contributed by atoms with Gasteiger partial charge in [0.05, 0.1) is 23.9 Å². The molecule has 7 heteroatoms. The molecule has 0 unspecified atom stereocenters. The Bertz CT molecular complexity index is 848. The highest BCUT2D eigenvalue weighted by Gasteiger charge is 2.52. The van der Waals surface area contributed by atoms with Crippen molar-refractivity contribution in [1.82, 2.24) is 0 Å². The van der Waals surface area contributed by atoms with Crippen LogP contribution in [0.15, 0.2) is 36.4 Å². The molecule has 5 nitrogen and oxygen atoms in total. The Kier molecular flexibility index (Phi) is 5.50. The van der Waals surface area contributed by atoms with E-state index in [1.807, 2.05) is 39.8 Å². The summed E-state index contributed by atoms with van der Waals surface area (Å²) < 4.78 is 37.3. The van der Waals surface area contributed by atoms with Crippen LogP contribution in [0.5, 0.6) is 11.5 Å². The molecule has 2 aromatic carbocycles. The molecule has 2 aromatic rings. The lowest BCUT2D eigenvalue weighted by atomic mass is 9.78. The number of rotatable bonds is 6. The third kappa shape index (κ3) is 3.91. The molecule has 148 valence electrons. The van der Waals surface area contributed by atoms with Gasteiger partial charge in [-0.1, -0.05) is 12.1 Å². The van der Waals surface area contributed by atoms with E-state index in [1.54, 1.807) is 25.3 Å². The van der Waals surface area contributed by atoms with Crippen molar-refractivity contribution in [2.24, 2.45) is 0 Å². The molecule has 0 saturated carbocycles. The van der Waals surface area contributed by atoms with Crippen LogP contribution in [-0.4, -0.2) is 31.7 Å². The van der Waals surface area contributed by atoms with Gasteiger partial charge in [0.1, 0.15) is 12.4 Å². The zero-order valence-electron chi connectivity index (χ0n) is 16.7. The lowest BCUT2D eigenvalue weighted by Crippen LogP contribution is -2.41. The molecule has 0 bridgehead atoms. The first kappa shape index (κ1) is 20.4. The van der Waals surface area contributed by atoms with Crippen molar-refractivity contribution in [2.75, 3.05) is 7.11 Å². The van der Waals surface area contributed by atoms with Gasteiger partial charge < -0.3 is 18.8 Å². The summed E-state index contributed by atoms with van der Waals surface area (Å²) in [5.41, 5.74) is 0.262. The summed E-state index contributed by atoms with van der Waals surface area (Å²) in [6, 6.07) is 10.0. The number of aldehydes is 1. The van der Waals surface area contributed by atoms with E-state index in [0.29, 0.717) is 11.7 Å². The maximum absolute atomic E-state index is 14.7. The van der Waals surface area contributed by atoms with Crippen molar-refractivity contribution in [3.63, 3.8) is 0 Å². The van der Waals surface area contributed by atoms with Crippen LogP contribution >= 0.6 is 0 Å². The quantitative estimate of drug-likeness (QED) is 0.562. The maximum atomic E-state index is 14.7. The first-order chi connectivity index (χ1) is 13.2. The third-order valence-corrected chi connectivity index (χ3v) is 5.29. The summed E-state index contributed by atoms with van der Waals surface area (Å²) in [5, 5.41) is 0. The van der Waals surface area contributed by atoms with Gasteiger partial charge in [0.25, 0.3) is 0 Å². The first-order valence-corrected chi connectivity index (χ1v) is 9.07. The van der Waals surface area contributed by atoms with Crippen LogP contribution in [0.4, 0.5) is 4.39 Å². The fourth-order valence-corrected chi connectivity index (χ4v) is 2.87. The highest BCUT2D eigenvalue weighted by Crippen LogP contribution is 2.37. The Labute approximate surface area is 164 Å². The monoisotopic (exact) mass is 386 g/mol. The van der Waals surface area contributed by atoms with Crippen LogP contribution in [-0.2, 0) is 15.9 Å². The molecule has 1 fully saturated rings. The van der Waals surface area contributed by atoms with E-state index >= 15 is 0 Å². The van der Waals surface area contributed by atoms with Crippen LogP contribution in [0.3, 0.4) is 0 Å². The van der Waals surface area contributed by atoms with Crippen molar-refractivity contribution in [1.29, 1.82) is 0 Å². The van der Waals surface area contributed by atoms with Crippen LogP contribution in [0, 0.1) is 5.82 Å². The molecule has 1 saturated heterocycles. The van der Waals surface area contributed by atoms with Crippen molar-refractivity contribution >= 4 is 18.9 Å². The van der Waals surface area contributed by atoms with Gasteiger partial charge in [-0.2, -0.15) is 0 Å². The zero-order chi connectivity index (χ0) is 20.5. The van der Waals surface area contributed by atoms with Crippen LogP contribution in [0.1, 0.15) is 43.6 Å². The number of carbonyl (C=O) groups is 1. The number of hydrogen-bond acceptors (Lipinski definition) is 5. The highest BCUT2D eigenvalue weighted by molar-refractivity contribution is 6.62. The molecule has 1 aliphatic heterocycles. The normalized spacial score (nSPS) is 17.4. The lowest BCUT2D eigenvalue weighted by molar-refractivity contribution is 0.00578. The van der Waals surface area contributed by atoms with E-state index in [4.69, 9.17) is 18.8 Å². The minimum Gasteiger partial charge on any atom is -0.497 e. The van der Waals surface area contributed by atoms with E-state index in [1.165, 1.54) is 6.07 Å². The van der Waals surface area contributed by atoms with Gasteiger partial charge in [-0.15, -0.1) is 0 Å². The van der Waals surface area contributed by atoms with Gasteiger partial charge in [-0.25, -0.2) is 4.39 Å². The van der Waals surface area contributed by atoms with Gasteiger partial charge in [-0.05, 0) is 63.0 Å². The number of hydrogen-bond donors (Lipinski definition) is 0. The van der Waals surface area contributed by atoms with Crippen LogP contribution < -0.4 is 14.9 Å². The summed E-state index contributed by atoms with van der Waals surface area (Å²) >= 11 is 0. The van der Waals surface area contributed by atoms with Gasteiger partial charge in [-0.3, -0.25) is 4.79 Å². The molecule has 0 amide bonds. The highest BCUT2D eigenvalue weighted by atomic mass is 19.1. The van der Waals surface area contributed by atoms with Crippen molar-refractivity contribution in [3.8, 4) is 11.5 Å². The predicted octanol–water partition coefficient (Wildman–Crippen LogP) is 3.53. The van der Waals surface area contributed by atoms with Gasteiger partial charge >= 0.3 is 7.12 Å². The van der Waals surface area contributed by atoms with Gasteiger partial charge in [0, 0.05) is 0 Å². The van der Waals surface area contributed by atoms with E-state index in [9.17, 15) is 9.18 Å². The summed E-state index contributed by atoms with van der Waals surface area (Å²) in [5.74, 6) is -0.0100. The Morgan fingerprint density at radius 1 is 1.07 bits per heavy atom. The number of halogens is 1. The second kappa shape index (κ2) is 7.56. The molecule has 28 heavy (non-hydrogen) atoms. The predicted molar refractivity (Wildman–Crippen MR) is 105 cm³/mol. The Morgan fingerprint density at radius 3 is 2.21 bits per heavy atom. The second-order valence-electron chi connectivity index (χ2n) is 7.76. The molecule has 0 spiro atoms. The van der Waals surface area contributed by atoms with E-state index in [2.05, 4.69) is 0 Å². The molecule has 0 radical (unpaired) electrons. The summed E-state index contributed by atoms with van der Waals surface area (Å²) in [7, 11) is 0.826. The van der Waals surface area contributed by atoms with E-state index in [0.717, 1.165) is 11.3 Å². The molecule has 1 aliphatic rings. The Morgan fingerprint density at radius 2 is 1.68 bits per heavy atom. The molecule has 1 heterocycles. The molecule has 0 aliphatic carbocycles. The largest absolute Gasteiger partial charge is 0.497 e. The molecule has 0 aromatic heterocycles. The average Bonchev–Trinajstić information content (AvgIpc) is 2.88. The number of carbonyl (C=O) groups excluding carboxylic acids is 1. The van der Waals surface area contributed by atoms with Crippen molar-refractivity contribution in [3.05, 3.63) is 53.3 Å². The third-order valence-electron chi connectivity index (χ3n) is 5.29. The average molecular weight is 386 g/mol. The number of methoxy groups -OCH3 is 1. The van der Waals surface area contributed by atoms with Crippen molar-refractivity contribution in [2.45, 2.75) is 45.5 Å². The zero-order valence-corrected chi connectivity index (χ0v) is 16.7. The summed E-state index contributed by atoms with van der Waals surface area (Å²) in [6.07, 6.45) is 0.571. The summed E-state index contributed by atoms with van der Waals surface area (Å²) in [4.78, 5) is 11.6. The van der Waals surface area contributed by atoms with E-state index in [-0.39, 0.29) is 17.9 Å². The van der Waals surface area contributed by atoms with E-state index < -0.39 is 24.1 Å². The minimum absolute atomic E-state index is 0.0916. The number of benzene rings is 2. The first-order valence-electron chi connectivity index (χ1n) is 9.07. The Balaban J connectivity index is 1.81. The second-order valence-corrected chi connectivity index (χ2v) is 7.76. The van der Waals surface area contributed by atoms with Gasteiger partial charge in [0.2, 0.25) is 0 Å². The fourth-order valence-electron chi connectivity index (χ4n) is 2.87. The van der Waals surface area contributed by atoms with Crippen LogP contribution in [0.2, 0.25) is 0 Å². The Hall–Kier alpha value is -2.38. The van der Waals surface area contributed by atoms with Gasteiger partial charge in [0.15, 0.2) is 17.9 Å². The fraction of sp³-hybridized carbons (Fsp3) is 0.381. The standard InChI is InChI=1S/C21H24BFO5/c1-20(2)21(3,4)28-22(27-20)16-10-15(12-24)19(18(23)11-16)26-13-14-6-8-17(25-5)9-7-14/h6-12H,13H2,1-5H3. The van der Waals surface area contributed by atoms with Crippen molar-refractivity contribution < 1.29 is 28.0 Å². The maximum Gasteiger partial charge on any atom is 0.494 e. The molecule has 0 N–H and O–H groups in total. The summed E-state index contributed by atoms with van der Waals surface area (Å²) in [6.45, 7) is 7.77. The molecular formula is C21H24BFO5. The number of ether oxygens (including phenoxy) is 2. The lowest BCUT2D eigenvalue weighted by Gasteiger charge is -2.32. The minimum atomic E-state index is -0.756. The molecule has 3 rings (SSSR count). The molecule has 0 atom stereocenters. The topological polar surface area (TPSA) is 54.0 Å². The van der Waals surface area contributed by atoms with Crippen LogP contribution in [0.25, 0.3) is 0 Å². The smallest absolute Gasteiger partial charge is 0.494 e.